The Labute approximate surface area is 55.4 Å². The van der Waals surface area contributed by atoms with Gasteiger partial charge in [-0.15, -0.1) is 0 Å². The number of hydrogen-bond acceptors (Lipinski definition) is 1. The van der Waals surface area contributed by atoms with Crippen LogP contribution in [0.3, 0.4) is 0 Å². The predicted molar refractivity (Wildman–Crippen MR) is 24.2 cm³/mol. The predicted octanol–water partition coefficient (Wildman–Crippen LogP) is -2.29. The SMILES string of the molecule is C=CC(=O)O.[CH3-].[Li+]. The van der Waals surface area contributed by atoms with E-state index < -0.39 is 5.97 Å². The van der Waals surface area contributed by atoms with Gasteiger partial charge in [0.2, 0.25) is 0 Å². The number of carboxylic acid groups (broad SMARTS) is 1. The molecule has 0 spiro atoms. The average Bonchev–Trinajstić information content (AvgIpc) is 1.38. The fourth-order valence-electron chi connectivity index (χ4n) is 0. The molecule has 0 radical (unpaired) electrons. The van der Waals surface area contributed by atoms with E-state index in [4.69, 9.17) is 5.11 Å². The third-order valence-corrected chi connectivity index (χ3v) is 0.175. The first-order chi connectivity index (χ1) is 2.27. The van der Waals surface area contributed by atoms with Gasteiger partial charge in [0.25, 0.3) is 0 Å². The minimum Gasteiger partial charge on any atom is -0.478 e. The Morgan fingerprint density at radius 2 is 1.86 bits per heavy atom. The van der Waals surface area contributed by atoms with Crippen LogP contribution in [-0.2, 0) is 4.79 Å². The van der Waals surface area contributed by atoms with Crippen molar-refractivity contribution in [2.75, 3.05) is 0 Å². The molecule has 0 aromatic carbocycles. The Balaban J connectivity index is -0.0000000800. The maximum absolute atomic E-state index is 9.25. The van der Waals surface area contributed by atoms with Gasteiger partial charge in [0.05, 0.1) is 0 Å². The Bertz CT molecular complexity index is 60.7. The van der Waals surface area contributed by atoms with E-state index >= 15 is 0 Å². The van der Waals surface area contributed by atoms with Crippen molar-refractivity contribution in [1.29, 1.82) is 0 Å². The molecule has 0 saturated heterocycles. The molecule has 0 atom stereocenters. The fourth-order valence-corrected chi connectivity index (χ4v) is 0. The Kier molecular flexibility index (Phi) is 20.9. The molecular formula is C4H7LiO2. The minimum atomic E-state index is -0.981. The number of carbonyl (C=O) groups is 1. The van der Waals surface area contributed by atoms with Gasteiger partial charge < -0.3 is 12.5 Å². The molecule has 7 heavy (non-hydrogen) atoms. The first-order valence-electron chi connectivity index (χ1n) is 1.12. The summed E-state index contributed by atoms with van der Waals surface area (Å²) in [5.41, 5.74) is 0. The van der Waals surface area contributed by atoms with E-state index in [0.29, 0.717) is 0 Å². The minimum absolute atomic E-state index is 0. The molecule has 0 unspecified atom stereocenters. The van der Waals surface area contributed by atoms with Gasteiger partial charge in [-0.3, -0.25) is 0 Å². The van der Waals surface area contributed by atoms with E-state index in [-0.39, 0.29) is 26.3 Å². The Hall–Kier alpha value is -0.193. The number of rotatable bonds is 1. The summed E-state index contributed by atoms with van der Waals surface area (Å²) in [7, 11) is 0. The zero-order valence-corrected chi connectivity index (χ0v) is 4.64. The molecule has 0 aromatic rings. The van der Waals surface area contributed by atoms with Crippen LogP contribution in [0.5, 0.6) is 0 Å². The van der Waals surface area contributed by atoms with Gasteiger partial charge in [-0.25, -0.2) is 4.79 Å². The summed E-state index contributed by atoms with van der Waals surface area (Å²) in [6, 6.07) is 0. The topological polar surface area (TPSA) is 37.3 Å². The molecule has 2 nitrogen and oxygen atoms in total. The van der Waals surface area contributed by atoms with E-state index in [1.165, 1.54) is 0 Å². The van der Waals surface area contributed by atoms with Crippen LogP contribution < -0.4 is 18.9 Å². The summed E-state index contributed by atoms with van der Waals surface area (Å²) < 4.78 is 0. The first kappa shape index (κ1) is 15.8. The Morgan fingerprint density at radius 1 is 1.71 bits per heavy atom. The molecule has 0 fully saturated rings. The quantitative estimate of drug-likeness (QED) is 0.225. The molecule has 0 aliphatic heterocycles. The Morgan fingerprint density at radius 3 is 1.86 bits per heavy atom. The summed E-state index contributed by atoms with van der Waals surface area (Å²) in [5, 5.41) is 7.60. The maximum Gasteiger partial charge on any atom is 1.00 e. The molecule has 3 heteroatoms. The van der Waals surface area contributed by atoms with Crippen LogP contribution in [0.25, 0.3) is 0 Å². The molecule has 0 aliphatic rings. The number of hydrogen-bond donors (Lipinski definition) is 1. The van der Waals surface area contributed by atoms with Gasteiger partial charge in [-0.1, -0.05) is 6.58 Å². The molecule has 1 N–H and O–H groups in total. The fraction of sp³-hybridized carbons (Fsp3) is 0. The average molecular weight is 94.0 g/mol. The van der Waals surface area contributed by atoms with Gasteiger partial charge in [0, 0.05) is 6.08 Å². The largest absolute Gasteiger partial charge is 1.00 e. The van der Waals surface area contributed by atoms with Crippen molar-refractivity contribution in [3.63, 3.8) is 0 Å². The van der Waals surface area contributed by atoms with Crippen LogP contribution in [0, 0.1) is 7.43 Å². The standard InChI is InChI=1S/C3H4O2.CH3.Li/c1-2-3(4)5;;/h2H,1H2,(H,4,5);1H3;/q;-1;+1. The molecule has 0 aromatic heterocycles. The van der Waals surface area contributed by atoms with E-state index in [0.717, 1.165) is 6.08 Å². The normalized spacial score (nSPS) is 4.57. The number of aliphatic carboxylic acids is 1. The van der Waals surface area contributed by atoms with Gasteiger partial charge in [0.1, 0.15) is 0 Å². The summed E-state index contributed by atoms with van der Waals surface area (Å²) in [6.45, 7) is 2.96. The molecule has 0 bridgehead atoms. The van der Waals surface area contributed by atoms with E-state index in [1.54, 1.807) is 0 Å². The summed E-state index contributed by atoms with van der Waals surface area (Å²) in [6.07, 6.45) is 0.833. The second-order valence-corrected chi connectivity index (χ2v) is 0.542. The molecule has 0 aliphatic carbocycles. The van der Waals surface area contributed by atoms with Gasteiger partial charge in [-0.05, 0) is 0 Å². The van der Waals surface area contributed by atoms with Crippen molar-refractivity contribution in [1.82, 2.24) is 0 Å². The van der Waals surface area contributed by atoms with Crippen LogP contribution in [0.15, 0.2) is 12.7 Å². The van der Waals surface area contributed by atoms with Crippen LogP contribution in [0.4, 0.5) is 0 Å². The molecule has 36 valence electrons. The second kappa shape index (κ2) is 9.26. The molecule has 0 saturated carbocycles. The monoisotopic (exact) mass is 94.1 g/mol. The third-order valence-electron chi connectivity index (χ3n) is 0.175. The van der Waals surface area contributed by atoms with Crippen molar-refractivity contribution in [3.8, 4) is 0 Å². The summed E-state index contributed by atoms with van der Waals surface area (Å²) in [4.78, 5) is 9.25. The zero-order chi connectivity index (χ0) is 4.28. The first-order valence-corrected chi connectivity index (χ1v) is 1.12. The molecule has 0 rings (SSSR count). The van der Waals surface area contributed by atoms with Crippen molar-refractivity contribution < 1.29 is 28.8 Å². The van der Waals surface area contributed by atoms with Gasteiger partial charge in [0.15, 0.2) is 0 Å². The van der Waals surface area contributed by atoms with Crippen molar-refractivity contribution >= 4 is 5.97 Å². The van der Waals surface area contributed by atoms with Gasteiger partial charge in [-0.2, -0.15) is 0 Å². The van der Waals surface area contributed by atoms with Crippen molar-refractivity contribution in [2.45, 2.75) is 0 Å². The van der Waals surface area contributed by atoms with E-state index in [9.17, 15) is 4.79 Å². The van der Waals surface area contributed by atoms with E-state index in [2.05, 4.69) is 6.58 Å². The summed E-state index contributed by atoms with van der Waals surface area (Å²) in [5.74, 6) is -0.981. The molecule has 0 amide bonds. The van der Waals surface area contributed by atoms with Crippen LogP contribution in [-0.4, -0.2) is 11.1 Å². The number of carboxylic acids is 1. The maximum atomic E-state index is 9.25. The van der Waals surface area contributed by atoms with Crippen LogP contribution in [0.2, 0.25) is 0 Å². The van der Waals surface area contributed by atoms with Crippen molar-refractivity contribution in [3.05, 3.63) is 20.1 Å². The summed E-state index contributed by atoms with van der Waals surface area (Å²) >= 11 is 0. The molecule has 0 heterocycles. The van der Waals surface area contributed by atoms with Crippen LogP contribution >= 0.6 is 0 Å². The zero-order valence-electron chi connectivity index (χ0n) is 4.64. The second-order valence-electron chi connectivity index (χ2n) is 0.542. The van der Waals surface area contributed by atoms with E-state index in [1.807, 2.05) is 0 Å². The van der Waals surface area contributed by atoms with Gasteiger partial charge >= 0.3 is 24.8 Å². The third kappa shape index (κ3) is 25.8. The smallest absolute Gasteiger partial charge is 0.478 e. The van der Waals surface area contributed by atoms with Crippen molar-refractivity contribution in [2.24, 2.45) is 0 Å². The molecular weight excluding hydrogens is 87.0 g/mol. The van der Waals surface area contributed by atoms with Crippen LogP contribution in [0.1, 0.15) is 0 Å².